The maximum absolute atomic E-state index is 5.38. The zero-order valence-electron chi connectivity index (χ0n) is 9.10. The molecular weight excluding hydrogens is 270 g/mol. The van der Waals surface area contributed by atoms with Gasteiger partial charge in [-0.1, -0.05) is 51.4 Å². The van der Waals surface area contributed by atoms with E-state index in [2.05, 4.69) is 21.1 Å². The van der Waals surface area contributed by atoms with E-state index in [0.717, 1.165) is 17.7 Å². The van der Waals surface area contributed by atoms with Gasteiger partial charge < -0.3 is 9.57 Å². The molecule has 4 heteroatoms. The summed E-state index contributed by atoms with van der Waals surface area (Å²) < 4.78 is 5.38. The van der Waals surface area contributed by atoms with Crippen molar-refractivity contribution < 1.29 is 9.57 Å². The van der Waals surface area contributed by atoms with E-state index in [-0.39, 0.29) is 11.1 Å². The number of hydrogen-bond donors (Lipinski definition) is 0. The lowest BCUT2D eigenvalue weighted by atomic mass is 10.1. The van der Waals surface area contributed by atoms with Crippen molar-refractivity contribution in [2.24, 2.45) is 5.16 Å². The van der Waals surface area contributed by atoms with Gasteiger partial charge in [0.05, 0.1) is 4.83 Å². The third-order valence-electron chi connectivity index (χ3n) is 2.39. The minimum atomic E-state index is -0.234. The molecule has 1 aliphatic rings. The van der Waals surface area contributed by atoms with Crippen molar-refractivity contribution in [3.8, 4) is 0 Å². The van der Waals surface area contributed by atoms with Gasteiger partial charge in [0.2, 0.25) is 6.29 Å². The third-order valence-corrected chi connectivity index (χ3v) is 3.19. The number of rotatable bonds is 3. The Hall–Kier alpha value is -0.870. The van der Waals surface area contributed by atoms with E-state index >= 15 is 0 Å². The molecule has 1 aromatic rings. The van der Waals surface area contributed by atoms with Crippen molar-refractivity contribution in [2.75, 3.05) is 6.61 Å². The first-order chi connectivity index (χ1) is 7.81. The molecule has 1 aromatic carbocycles. The standard InChI is InChI=1S/C12H14BrNO2/c1-2-15-11-8-10(13)12(14-16-11)9-6-4-3-5-7-9/h3-7,10-11H,2,8H2,1H3/t10-,11-/m0/s1. The fourth-order valence-corrected chi connectivity index (χ4v) is 2.28. The number of hydrogen-bond acceptors (Lipinski definition) is 3. The summed E-state index contributed by atoms with van der Waals surface area (Å²) in [5.74, 6) is 0. The van der Waals surface area contributed by atoms with Crippen LogP contribution in [0.1, 0.15) is 18.9 Å². The Labute approximate surface area is 104 Å². The van der Waals surface area contributed by atoms with E-state index < -0.39 is 0 Å². The Bertz CT molecular complexity index is 367. The number of nitrogens with zero attached hydrogens (tertiary/aromatic N) is 1. The zero-order valence-corrected chi connectivity index (χ0v) is 10.7. The first-order valence-electron chi connectivity index (χ1n) is 5.36. The molecule has 2 rings (SSSR count). The monoisotopic (exact) mass is 283 g/mol. The summed E-state index contributed by atoms with van der Waals surface area (Å²) in [6.45, 7) is 2.59. The second kappa shape index (κ2) is 5.46. The van der Waals surface area contributed by atoms with Crippen LogP contribution in [-0.4, -0.2) is 23.4 Å². The largest absolute Gasteiger partial charge is 0.363 e. The molecule has 0 aliphatic carbocycles. The van der Waals surface area contributed by atoms with Crippen molar-refractivity contribution in [2.45, 2.75) is 24.5 Å². The average molecular weight is 284 g/mol. The average Bonchev–Trinajstić information content (AvgIpc) is 2.31. The molecule has 0 aromatic heterocycles. The van der Waals surface area contributed by atoms with Crippen molar-refractivity contribution in [1.82, 2.24) is 0 Å². The number of halogens is 1. The van der Waals surface area contributed by atoms with Gasteiger partial charge in [-0.25, -0.2) is 0 Å². The van der Waals surface area contributed by atoms with E-state index in [1.165, 1.54) is 0 Å². The predicted octanol–water partition coefficient (Wildman–Crippen LogP) is 2.94. The molecule has 16 heavy (non-hydrogen) atoms. The Morgan fingerprint density at radius 2 is 2.19 bits per heavy atom. The lowest BCUT2D eigenvalue weighted by molar-refractivity contribution is -0.145. The van der Waals surface area contributed by atoms with Gasteiger partial charge >= 0.3 is 0 Å². The molecule has 0 saturated carbocycles. The smallest absolute Gasteiger partial charge is 0.228 e. The molecule has 0 N–H and O–H groups in total. The molecule has 0 bridgehead atoms. The third kappa shape index (κ3) is 2.62. The summed E-state index contributed by atoms with van der Waals surface area (Å²) in [5, 5.41) is 4.13. The highest BCUT2D eigenvalue weighted by molar-refractivity contribution is 9.10. The molecule has 0 spiro atoms. The predicted molar refractivity (Wildman–Crippen MR) is 66.8 cm³/mol. The SMILES string of the molecule is CCO[C@@H]1C[C@H](Br)C(c2ccccc2)=NO1. The minimum absolute atomic E-state index is 0.181. The van der Waals surface area contributed by atoms with E-state index in [1.807, 2.05) is 37.3 Å². The van der Waals surface area contributed by atoms with Crippen molar-refractivity contribution >= 4 is 21.6 Å². The Morgan fingerprint density at radius 3 is 2.81 bits per heavy atom. The fourth-order valence-electron chi connectivity index (χ4n) is 1.62. The van der Waals surface area contributed by atoms with Crippen LogP contribution in [0.5, 0.6) is 0 Å². The summed E-state index contributed by atoms with van der Waals surface area (Å²) in [6, 6.07) is 10.0. The van der Waals surface area contributed by atoms with Gasteiger partial charge in [-0.2, -0.15) is 0 Å². The quantitative estimate of drug-likeness (QED) is 0.799. The van der Waals surface area contributed by atoms with Gasteiger partial charge in [-0.15, -0.1) is 0 Å². The molecule has 2 atom stereocenters. The number of oxime groups is 1. The lowest BCUT2D eigenvalue weighted by Crippen LogP contribution is -2.30. The lowest BCUT2D eigenvalue weighted by Gasteiger charge is -2.24. The Morgan fingerprint density at radius 1 is 1.44 bits per heavy atom. The van der Waals surface area contributed by atoms with Gasteiger partial charge in [0.25, 0.3) is 0 Å². The summed E-state index contributed by atoms with van der Waals surface area (Å²) >= 11 is 3.61. The number of ether oxygens (including phenoxy) is 1. The maximum atomic E-state index is 5.38. The molecule has 0 fully saturated rings. The second-order valence-electron chi connectivity index (χ2n) is 3.54. The van der Waals surface area contributed by atoms with Crippen LogP contribution in [0.25, 0.3) is 0 Å². The highest BCUT2D eigenvalue weighted by Gasteiger charge is 2.26. The van der Waals surface area contributed by atoms with Crippen LogP contribution in [-0.2, 0) is 9.57 Å². The Balaban J connectivity index is 2.12. The van der Waals surface area contributed by atoms with E-state index in [0.29, 0.717) is 6.61 Å². The molecular formula is C12H14BrNO2. The zero-order chi connectivity index (χ0) is 11.4. The van der Waals surface area contributed by atoms with E-state index in [9.17, 15) is 0 Å². The highest BCUT2D eigenvalue weighted by atomic mass is 79.9. The molecule has 0 unspecified atom stereocenters. The summed E-state index contributed by atoms with van der Waals surface area (Å²) in [6.07, 6.45) is 0.545. The first-order valence-corrected chi connectivity index (χ1v) is 6.27. The van der Waals surface area contributed by atoms with E-state index in [1.54, 1.807) is 0 Å². The molecule has 0 saturated heterocycles. The van der Waals surface area contributed by atoms with Crippen LogP contribution in [0.4, 0.5) is 0 Å². The van der Waals surface area contributed by atoms with E-state index in [4.69, 9.17) is 9.57 Å². The van der Waals surface area contributed by atoms with Crippen LogP contribution in [0.15, 0.2) is 35.5 Å². The van der Waals surface area contributed by atoms with Crippen LogP contribution in [0, 0.1) is 0 Å². The minimum Gasteiger partial charge on any atom is -0.363 e. The maximum Gasteiger partial charge on any atom is 0.228 e. The van der Waals surface area contributed by atoms with Crippen LogP contribution in [0.3, 0.4) is 0 Å². The van der Waals surface area contributed by atoms with Gasteiger partial charge in [0.15, 0.2) is 0 Å². The van der Waals surface area contributed by atoms with Gasteiger partial charge in [-0.05, 0) is 6.92 Å². The second-order valence-corrected chi connectivity index (χ2v) is 4.64. The molecule has 86 valence electrons. The van der Waals surface area contributed by atoms with Crippen LogP contribution >= 0.6 is 15.9 Å². The number of alkyl halides is 1. The van der Waals surface area contributed by atoms with Crippen molar-refractivity contribution in [1.29, 1.82) is 0 Å². The highest BCUT2D eigenvalue weighted by Crippen LogP contribution is 2.23. The number of benzene rings is 1. The molecule has 0 amide bonds. The van der Waals surface area contributed by atoms with Gasteiger partial charge in [0.1, 0.15) is 5.71 Å². The summed E-state index contributed by atoms with van der Waals surface area (Å²) in [5.41, 5.74) is 2.01. The summed E-state index contributed by atoms with van der Waals surface area (Å²) in [7, 11) is 0. The van der Waals surface area contributed by atoms with Gasteiger partial charge in [-0.3, -0.25) is 0 Å². The normalized spacial score (nSPS) is 24.8. The molecule has 1 aliphatic heterocycles. The summed E-state index contributed by atoms with van der Waals surface area (Å²) in [4.78, 5) is 5.47. The molecule has 0 radical (unpaired) electrons. The topological polar surface area (TPSA) is 30.8 Å². The van der Waals surface area contributed by atoms with Crippen molar-refractivity contribution in [3.63, 3.8) is 0 Å². The Kier molecular flexibility index (Phi) is 3.96. The fraction of sp³-hybridized carbons (Fsp3) is 0.417. The first kappa shape index (κ1) is 11.6. The van der Waals surface area contributed by atoms with Crippen LogP contribution < -0.4 is 0 Å². The van der Waals surface area contributed by atoms with Crippen molar-refractivity contribution in [3.05, 3.63) is 35.9 Å². The van der Waals surface area contributed by atoms with Crippen LogP contribution in [0.2, 0.25) is 0 Å². The molecule has 3 nitrogen and oxygen atoms in total. The molecule has 1 heterocycles. The van der Waals surface area contributed by atoms with Gasteiger partial charge in [0, 0.05) is 18.6 Å².